The topological polar surface area (TPSA) is 24.9 Å². The van der Waals surface area contributed by atoms with Gasteiger partial charge < -0.3 is 5.32 Å². The molecule has 0 aliphatic rings. The second-order valence-electron chi connectivity index (χ2n) is 6.24. The van der Waals surface area contributed by atoms with Crippen LogP contribution in [0.3, 0.4) is 0 Å². The SMILES string of the molecule is CCNC(C)(C)c1csc(C(C(C)C)C(C)C)n1. The van der Waals surface area contributed by atoms with Crippen molar-refractivity contribution >= 4 is 11.3 Å². The van der Waals surface area contributed by atoms with Crippen LogP contribution in [0.1, 0.15) is 65.1 Å². The van der Waals surface area contributed by atoms with E-state index in [2.05, 4.69) is 59.2 Å². The first kappa shape index (κ1) is 15.6. The molecule has 104 valence electrons. The fourth-order valence-corrected chi connectivity index (χ4v) is 4.03. The molecular weight excluding hydrogens is 240 g/mol. The van der Waals surface area contributed by atoms with Gasteiger partial charge in [-0.25, -0.2) is 4.98 Å². The molecule has 18 heavy (non-hydrogen) atoms. The van der Waals surface area contributed by atoms with E-state index in [0.29, 0.717) is 17.8 Å². The van der Waals surface area contributed by atoms with Gasteiger partial charge in [0.2, 0.25) is 0 Å². The van der Waals surface area contributed by atoms with Crippen LogP contribution in [-0.4, -0.2) is 11.5 Å². The van der Waals surface area contributed by atoms with Crippen LogP contribution in [0.2, 0.25) is 0 Å². The van der Waals surface area contributed by atoms with Crippen molar-refractivity contribution in [2.24, 2.45) is 11.8 Å². The minimum Gasteiger partial charge on any atom is -0.307 e. The maximum Gasteiger partial charge on any atom is 0.0965 e. The Hall–Kier alpha value is -0.410. The van der Waals surface area contributed by atoms with E-state index in [1.807, 2.05) is 11.3 Å². The Morgan fingerprint density at radius 2 is 1.78 bits per heavy atom. The average Bonchev–Trinajstić information content (AvgIpc) is 2.66. The van der Waals surface area contributed by atoms with Crippen LogP contribution in [0.25, 0.3) is 0 Å². The van der Waals surface area contributed by atoms with Crippen molar-refractivity contribution in [3.8, 4) is 0 Å². The van der Waals surface area contributed by atoms with Gasteiger partial charge in [-0.05, 0) is 32.2 Å². The summed E-state index contributed by atoms with van der Waals surface area (Å²) in [6.45, 7) is 16.7. The van der Waals surface area contributed by atoms with Gasteiger partial charge in [-0.15, -0.1) is 11.3 Å². The first-order valence-corrected chi connectivity index (χ1v) is 7.88. The van der Waals surface area contributed by atoms with Gasteiger partial charge in [-0.2, -0.15) is 0 Å². The lowest BCUT2D eigenvalue weighted by Crippen LogP contribution is -2.36. The molecule has 0 aliphatic carbocycles. The molecule has 1 N–H and O–H groups in total. The number of aromatic nitrogens is 1. The van der Waals surface area contributed by atoms with Gasteiger partial charge in [0.05, 0.1) is 16.2 Å². The van der Waals surface area contributed by atoms with Crippen molar-refractivity contribution in [3.63, 3.8) is 0 Å². The molecule has 0 aromatic carbocycles. The summed E-state index contributed by atoms with van der Waals surface area (Å²) in [4.78, 5) is 4.90. The third-order valence-electron chi connectivity index (χ3n) is 3.50. The number of nitrogens with zero attached hydrogens (tertiary/aromatic N) is 1. The molecule has 1 aromatic heterocycles. The van der Waals surface area contributed by atoms with E-state index in [-0.39, 0.29) is 5.54 Å². The number of nitrogens with one attached hydrogen (secondary N) is 1. The lowest BCUT2D eigenvalue weighted by molar-refractivity contribution is 0.377. The summed E-state index contributed by atoms with van der Waals surface area (Å²) >= 11 is 1.82. The lowest BCUT2D eigenvalue weighted by atomic mass is 9.86. The lowest BCUT2D eigenvalue weighted by Gasteiger charge is -2.25. The first-order valence-electron chi connectivity index (χ1n) is 7.00. The third kappa shape index (κ3) is 3.55. The molecule has 0 fully saturated rings. The highest BCUT2D eigenvalue weighted by molar-refractivity contribution is 7.09. The van der Waals surface area contributed by atoms with Crippen molar-refractivity contribution in [3.05, 3.63) is 16.1 Å². The second-order valence-corrected chi connectivity index (χ2v) is 7.13. The summed E-state index contributed by atoms with van der Waals surface area (Å²) in [5, 5.41) is 7.00. The highest BCUT2D eigenvalue weighted by Crippen LogP contribution is 2.35. The van der Waals surface area contributed by atoms with E-state index in [4.69, 9.17) is 4.98 Å². The molecule has 1 aromatic rings. The summed E-state index contributed by atoms with van der Waals surface area (Å²) in [5.41, 5.74) is 1.15. The molecule has 0 amide bonds. The predicted octanol–water partition coefficient (Wildman–Crippen LogP) is 4.38. The van der Waals surface area contributed by atoms with E-state index in [1.165, 1.54) is 10.7 Å². The molecule has 0 aliphatic heterocycles. The first-order chi connectivity index (χ1) is 8.29. The Morgan fingerprint density at radius 1 is 1.22 bits per heavy atom. The van der Waals surface area contributed by atoms with E-state index >= 15 is 0 Å². The van der Waals surface area contributed by atoms with Crippen molar-refractivity contribution < 1.29 is 0 Å². The maximum atomic E-state index is 4.90. The number of hydrogen-bond acceptors (Lipinski definition) is 3. The van der Waals surface area contributed by atoms with Crippen LogP contribution in [0.4, 0.5) is 0 Å². The molecule has 0 radical (unpaired) electrons. The van der Waals surface area contributed by atoms with Gasteiger partial charge in [-0.3, -0.25) is 0 Å². The second kappa shape index (κ2) is 6.16. The Morgan fingerprint density at radius 3 is 2.22 bits per heavy atom. The van der Waals surface area contributed by atoms with E-state index < -0.39 is 0 Å². The van der Waals surface area contributed by atoms with Gasteiger partial charge in [0.25, 0.3) is 0 Å². The van der Waals surface area contributed by atoms with Crippen LogP contribution in [0, 0.1) is 11.8 Å². The molecule has 0 saturated carbocycles. The molecule has 2 nitrogen and oxygen atoms in total. The number of hydrogen-bond donors (Lipinski definition) is 1. The molecule has 3 heteroatoms. The Balaban J connectivity index is 2.98. The molecule has 0 spiro atoms. The molecular formula is C15H28N2S. The summed E-state index contributed by atoms with van der Waals surface area (Å²) < 4.78 is 0. The smallest absolute Gasteiger partial charge is 0.0965 e. The zero-order valence-corrected chi connectivity index (χ0v) is 13.7. The zero-order valence-electron chi connectivity index (χ0n) is 12.9. The summed E-state index contributed by atoms with van der Waals surface area (Å²) in [7, 11) is 0. The van der Waals surface area contributed by atoms with E-state index in [9.17, 15) is 0 Å². The standard InChI is InChI=1S/C15H28N2S/c1-8-16-15(6,7)12-9-18-14(17-12)13(10(2)3)11(4)5/h9-11,13,16H,8H2,1-7H3. The highest BCUT2D eigenvalue weighted by atomic mass is 32.1. The van der Waals surface area contributed by atoms with Gasteiger partial charge in [0.1, 0.15) is 0 Å². The Labute approximate surface area is 116 Å². The predicted molar refractivity (Wildman–Crippen MR) is 81.2 cm³/mol. The average molecular weight is 268 g/mol. The Bertz CT molecular complexity index is 358. The van der Waals surface area contributed by atoms with Crippen LogP contribution in [0.5, 0.6) is 0 Å². The van der Waals surface area contributed by atoms with Crippen molar-refractivity contribution in [2.75, 3.05) is 6.54 Å². The normalized spacial score (nSPS) is 13.0. The van der Waals surface area contributed by atoms with Gasteiger partial charge in [0, 0.05) is 11.3 Å². The van der Waals surface area contributed by atoms with Gasteiger partial charge in [0.15, 0.2) is 0 Å². The van der Waals surface area contributed by atoms with Crippen LogP contribution < -0.4 is 5.32 Å². The monoisotopic (exact) mass is 268 g/mol. The number of thiazole rings is 1. The van der Waals surface area contributed by atoms with Crippen molar-refractivity contribution in [1.29, 1.82) is 0 Å². The molecule has 0 unspecified atom stereocenters. The summed E-state index contributed by atoms with van der Waals surface area (Å²) in [6.07, 6.45) is 0. The van der Waals surface area contributed by atoms with Crippen LogP contribution >= 0.6 is 11.3 Å². The van der Waals surface area contributed by atoms with Crippen molar-refractivity contribution in [1.82, 2.24) is 10.3 Å². The molecule has 0 saturated heterocycles. The summed E-state index contributed by atoms with van der Waals surface area (Å²) in [5.74, 6) is 1.86. The quantitative estimate of drug-likeness (QED) is 0.828. The minimum absolute atomic E-state index is 0.0258. The third-order valence-corrected chi connectivity index (χ3v) is 4.45. The van der Waals surface area contributed by atoms with Gasteiger partial charge >= 0.3 is 0 Å². The fourth-order valence-electron chi connectivity index (χ4n) is 2.60. The number of rotatable bonds is 6. The molecule has 1 heterocycles. The summed E-state index contributed by atoms with van der Waals surface area (Å²) in [6, 6.07) is 0. The molecule has 1 rings (SSSR count). The fraction of sp³-hybridized carbons (Fsp3) is 0.800. The van der Waals surface area contributed by atoms with Crippen LogP contribution in [0.15, 0.2) is 5.38 Å². The van der Waals surface area contributed by atoms with Gasteiger partial charge in [-0.1, -0.05) is 34.6 Å². The highest BCUT2D eigenvalue weighted by Gasteiger charge is 2.27. The van der Waals surface area contributed by atoms with Crippen LogP contribution in [-0.2, 0) is 5.54 Å². The zero-order chi connectivity index (χ0) is 13.9. The maximum absolute atomic E-state index is 4.90. The van der Waals surface area contributed by atoms with E-state index in [1.54, 1.807) is 0 Å². The Kier molecular flexibility index (Phi) is 5.35. The molecule has 0 bridgehead atoms. The van der Waals surface area contributed by atoms with Crippen molar-refractivity contribution in [2.45, 2.75) is 59.9 Å². The molecule has 0 atom stereocenters. The largest absolute Gasteiger partial charge is 0.307 e. The minimum atomic E-state index is -0.0258. The van der Waals surface area contributed by atoms with E-state index in [0.717, 1.165) is 6.54 Å².